The standard InChI is InChI=1S/C15H18N2O5/c1-9-2-7-12(17(21)22)8-13(9)16-14(18)10-3-5-11(6-4-10)15(19)20/h2,7-8,10-11H,3-6H2,1H3,(H,16,18)(H,19,20). The van der Waals surface area contributed by atoms with E-state index in [1.54, 1.807) is 13.0 Å². The molecular formula is C15H18N2O5. The lowest BCUT2D eigenvalue weighted by molar-refractivity contribution is -0.384. The van der Waals surface area contributed by atoms with Gasteiger partial charge in [-0.25, -0.2) is 0 Å². The number of anilines is 1. The number of hydrogen-bond donors (Lipinski definition) is 2. The number of hydrogen-bond acceptors (Lipinski definition) is 4. The molecule has 22 heavy (non-hydrogen) atoms. The van der Waals surface area contributed by atoms with E-state index in [4.69, 9.17) is 5.11 Å². The summed E-state index contributed by atoms with van der Waals surface area (Å²) in [5.74, 6) is -1.63. The predicted octanol–water partition coefficient (Wildman–Crippen LogP) is 2.73. The molecule has 1 aliphatic rings. The summed E-state index contributed by atoms with van der Waals surface area (Å²) < 4.78 is 0. The van der Waals surface area contributed by atoms with Crippen LogP contribution in [0.25, 0.3) is 0 Å². The van der Waals surface area contributed by atoms with Crippen molar-refractivity contribution in [1.82, 2.24) is 0 Å². The summed E-state index contributed by atoms with van der Waals surface area (Å²) in [5, 5.41) is 22.5. The number of rotatable bonds is 4. The summed E-state index contributed by atoms with van der Waals surface area (Å²) in [6, 6.07) is 4.33. The Morgan fingerprint density at radius 1 is 1.23 bits per heavy atom. The fourth-order valence-electron chi connectivity index (χ4n) is 2.70. The van der Waals surface area contributed by atoms with Gasteiger partial charge in [0.2, 0.25) is 5.91 Å². The highest BCUT2D eigenvalue weighted by Gasteiger charge is 2.30. The molecule has 0 spiro atoms. The zero-order valence-electron chi connectivity index (χ0n) is 12.2. The Bertz CT molecular complexity index is 606. The number of non-ortho nitro benzene ring substituents is 1. The topological polar surface area (TPSA) is 110 Å². The van der Waals surface area contributed by atoms with Crippen molar-refractivity contribution in [3.8, 4) is 0 Å². The van der Waals surface area contributed by atoms with Crippen LogP contribution >= 0.6 is 0 Å². The van der Waals surface area contributed by atoms with Gasteiger partial charge >= 0.3 is 5.97 Å². The van der Waals surface area contributed by atoms with Crippen molar-refractivity contribution in [2.24, 2.45) is 11.8 Å². The van der Waals surface area contributed by atoms with Crippen molar-refractivity contribution in [2.75, 3.05) is 5.32 Å². The average Bonchev–Trinajstić information content (AvgIpc) is 2.49. The number of aryl methyl sites for hydroxylation is 1. The molecule has 1 amide bonds. The van der Waals surface area contributed by atoms with E-state index in [1.165, 1.54) is 12.1 Å². The third-order valence-corrected chi connectivity index (χ3v) is 4.14. The van der Waals surface area contributed by atoms with Gasteiger partial charge < -0.3 is 10.4 Å². The Labute approximate surface area is 127 Å². The second-order valence-corrected chi connectivity index (χ2v) is 5.63. The maximum atomic E-state index is 12.2. The number of amides is 1. The molecule has 7 heteroatoms. The van der Waals surface area contributed by atoms with Crippen LogP contribution in [0.5, 0.6) is 0 Å². The fraction of sp³-hybridized carbons (Fsp3) is 0.467. The molecule has 118 valence electrons. The molecule has 1 aromatic carbocycles. The number of nitro groups is 1. The van der Waals surface area contributed by atoms with Gasteiger partial charge in [0, 0.05) is 18.1 Å². The van der Waals surface area contributed by atoms with Crippen LogP contribution in [-0.4, -0.2) is 21.9 Å². The largest absolute Gasteiger partial charge is 0.481 e. The first kappa shape index (κ1) is 15.9. The number of nitrogens with zero attached hydrogens (tertiary/aromatic N) is 1. The van der Waals surface area contributed by atoms with Crippen LogP contribution in [0.2, 0.25) is 0 Å². The summed E-state index contributed by atoms with van der Waals surface area (Å²) in [6.07, 6.45) is 2.02. The minimum Gasteiger partial charge on any atom is -0.481 e. The molecule has 0 heterocycles. The SMILES string of the molecule is Cc1ccc([N+](=O)[O-])cc1NC(=O)C1CCC(C(=O)O)CC1. The zero-order chi connectivity index (χ0) is 16.3. The van der Waals surface area contributed by atoms with Gasteiger partial charge in [-0.1, -0.05) is 6.07 Å². The Balaban J connectivity index is 2.02. The fourth-order valence-corrected chi connectivity index (χ4v) is 2.70. The summed E-state index contributed by atoms with van der Waals surface area (Å²) in [7, 11) is 0. The molecule has 1 aliphatic carbocycles. The highest BCUT2D eigenvalue weighted by atomic mass is 16.6. The molecule has 2 N–H and O–H groups in total. The van der Waals surface area contributed by atoms with E-state index in [2.05, 4.69) is 5.32 Å². The molecule has 1 saturated carbocycles. The normalized spacial score (nSPS) is 21.1. The van der Waals surface area contributed by atoms with Gasteiger partial charge in [-0.3, -0.25) is 19.7 Å². The average molecular weight is 306 g/mol. The third kappa shape index (κ3) is 3.60. The van der Waals surface area contributed by atoms with Crippen molar-refractivity contribution < 1.29 is 19.6 Å². The lowest BCUT2D eigenvalue weighted by Crippen LogP contribution is -2.29. The first-order chi connectivity index (χ1) is 10.4. The van der Waals surface area contributed by atoms with E-state index >= 15 is 0 Å². The number of nitrogens with one attached hydrogen (secondary N) is 1. The summed E-state index contributed by atoms with van der Waals surface area (Å²) in [5.41, 5.74) is 1.10. The Kier molecular flexibility index (Phi) is 4.75. The second-order valence-electron chi connectivity index (χ2n) is 5.63. The summed E-state index contributed by atoms with van der Waals surface area (Å²) >= 11 is 0. The molecule has 0 atom stereocenters. The van der Waals surface area contributed by atoms with Gasteiger partial charge in [0.15, 0.2) is 0 Å². The maximum absolute atomic E-state index is 12.2. The molecule has 0 aliphatic heterocycles. The van der Waals surface area contributed by atoms with Gasteiger partial charge in [-0.05, 0) is 38.2 Å². The number of carboxylic acid groups (broad SMARTS) is 1. The van der Waals surface area contributed by atoms with Gasteiger partial charge in [-0.2, -0.15) is 0 Å². The molecule has 1 aromatic rings. The maximum Gasteiger partial charge on any atom is 0.306 e. The molecule has 0 aromatic heterocycles. The first-order valence-electron chi connectivity index (χ1n) is 7.17. The van der Waals surface area contributed by atoms with Crippen molar-refractivity contribution in [2.45, 2.75) is 32.6 Å². The molecule has 2 rings (SSSR count). The van der Waals surface area contributed by atoms with E-state index in [9.17, 15) is 19.7 Å². The highest BCUT2D eigenvalue weighted by molar-refractivity contribution is 5.93. The molecule has 7 nitrogen and oxygen atoms in total. The minimum atomic E-state index is -0.812. The first-order valence-corrected chi connectivity index (χ1v) is 7.17. The van der Waals surface area contributed by atoms with Crippen LogP contribution in [0, 0.1) is 28.9 Å². The Hall–Kier alpha value is -2.44. The molecule has 1 fully saturated rings. The van der Waals surface area contributed by atoms with Crippen LogP contribution in [-0.2, 0) is 9.59 Å². The van der Waals surface area contributed by atoms with Gasteiger partial charge in [-0.15, -0.1) is 0 Å². The van der Waals surface area contributed by atoms with Crippen LogP contribution in [0.4, 0.5) is 11.4 Å². The molecular weight excluding hydrogens is 288 g/mol. The van der Waals surface area contributed by atoms with Crippen molar-refractivity contribution >= 4 is 23.3 Å². The van der Waals surface area contributed by atoms with Crippen LogP contribution in [0.1, 0.15) is 31.2 Å². The molecule has 0 bridgehead atoms. The Morgan fingerprint density at radius 3 is 2.36 bits per heavy atom. The number of carbonyl (C=O) groups excluding carboxylic acids is 1. The van der Waals surface area contributed by atoms with E-state index in [0.717, 1.165) is 5.56 Å². The molecule has 0 unspecified atom stereocenters. The van der Waals surface area contributed by atoms with Gasteiger partial charge in [0.1, 0.15) is 0 Å². The quantitative estimate of drug-likeness (QED) is 0.656. The molecule has 0 radical (unpaired) electrons. The van der Waals surface area contributed by atoms with Gasteiger partial charge in [0.05, 0.1) is 16.5 Å². The predicted molar refractivity (Wildman–Crippen MR) is 79.5 cm³/mol. The summed E-state index contributed by atoms with van der Waals surface area (Å²) in [4.78, 5) is 33.4. The second kappa shape index (κ2) is 6.55. The number of carbonyl (C=O) groups is 2. The van der Waals surface area contributed by atoms with Gasteiger partial charge in [0.25, 0.3) is 5.69 Å². The molecule has 0 saturated heterocycles. The number of aliphatic carboxylic acids is 1. The zero-order valence-corrected chi connectivity index (χ0v) is 12.2. The van der Waals surface area contributed by atoms with Crippen LogP contribution in [0.3, 0.4) is 0 Å². The van der Waals surface area contributed by atoms with Crippen molar-refractivity contribution in [1.29, 1.82) is 0 Å². The smallest absolute Gasteiger partial charge is 0.306 e. The Morgan fingerprint density at radius 2 is 1.82 bits per heavy atom. The van der Waals surface area contributed by atoms with Crippen molar-refractivity contribution in [3.63, 3.8) is 0 Å². The lowest BCUT2D eigenvalue weighted by Gasteiger charge is -2.25. The van der Waals surface area contributed by atoms with E-state index in [1.807, 2.05) is 0 Å². The van der Waals surface area contributed by atoms with Crippen molar-refractivity contribution in [3.05, 3.63) is 33.9 Å². The number of benzene rings is 1. The monoisotopic (exact) mass is 306 g/mol. The lowest BCUT2D eigenvalue weighted by atomic mass is 9.81. The third-order valence-electron chi connectivity index (χ3n) is 4.14. The van der Waals surface area contributed by atoms with E-state index < -0.39 is 10.9 Å². The highest BCUT2D eigenvalue weighted by Crippen LogP contribution is 2.30. The van der Waals surface area contributed by atoms with Crippen LogP contribution < -0.4 is 5.32 Å². The number of carboxylic acids is 1. The minimum absolute atomic E-state index is 0.0736. The van der Waals surface area contributed by atoms with E-state index in [-0.39, 0.29) is 23.4 Å². The summed E-state index contributed by atoms with van der Waals surface area (Å²) in [6.45, 7) is 1.76. The van der Waals surface area contributed by atoms with Crippen LogP contribution in [0.15, 0.2) is 18.2 Å². The van der Waals surface area contributed by atoms with E-state index in [0.29, 0.717) is 31.4 Å². The number of nitro benzene ring substituents is 1.